The average molecular weight is 275 g/mol. The third kappa shape index (κ3) is 1.70. The van der Waals surface area contributed by atoms with Crippen LogP contribution in [0.15, 0.2) is 21.2 Å². The molecule has 0 radical (unpaired) electrons. The molecule has 1 aliphatic carbocycles. The Kier molecular flexibility index (Phi) is 2.60. The number of aliphatic carboxylic acids is 1. The number of methoxy groups -OCH3 is 1. The Morgan fingerprint density at radius 3 is 2.67 bits per heavy atom. The maximum atomic E-state index is 11.0. The summed E-state index contributed by atoms with van der Waals surface area (Å²) in [5, 5.41) is 9.04. The fourth-order valence-electron chi connectivity index (χ4n) is 1.92. The average Bonchev–Trinajstić information content (AvgIpc) is 2.83. The zero-order chi connectivity index (χ0) is 11.1. The number of carboxylic acids is 1. The lowest BCUT2D eigenvalue weighted by Gasteiger charge is -2.19. The number of hydrogen-bond donors (Lipinski definition) is 1. The number of halogens is 1. The highest BCUT2D eigenvalue weighted by molar-refractivity contribution is 9.10. The molecule has 0 aliphatic heterocycles. The van der Waals surface area contributed by atoms with Gasteiger partial charge in [-0.05, 0) is 40.9 Å². The molecule has 1 unspecified atom stereocenters. The Morgan fingerprint density at radius 2 is 2.33 bits per heavy atom. The molecule has 5 heteroatoms. The van der Waals surface area contributed by atoms with Crippen LogP contribution >= 0.6 is 15.9 Å². The molecule has 1 fully saturated rings. The Balaban J connectivity index is 2.30. The molecule has 0 saturated heterocycles. The number of hydrogen-bond acceptors (Lipinski definition) is 3. The van der Waals surface area contributed by atoms with E-state index in [9.17, 15) is 4.79 Å². The van der Waals surface area contributed by atoms with Crippen LogP contribution in [-0.4, -0.2) is 24.3 Å². The molecule has 15 heavy (non-hydrogen) atoms. The zero-order valence-corrected chi connectivity index (χ0v) is 9.78. The fraction of sp³-hybridized carbons (Fsp3) is 0.500. The monoisotopic (exact) mass is 274 g/mol. The molecule has 2 rings (SSSR count). The van der Waals surface area contributed by atoms with Crippen LogP contribution in [0.1, 0.15) is 18.6 Å². The first-order valence-corrected chi connectivity index (χ1v) is 5.41. The van der Waals surface area contributed by atoms with E-state index in [4.69, 9.17) is 14.3 Å². The lowest BCUT2D eigenvalue weighted by atomic mass is 9.96. The van der Waals surface area contributed by atoms with Crippen molar-refractivity contribution < 1.29 is 19.1 Å². The molecule has 1 aromatic rings. The standard InChI is InChI=1S/C10H11BrO4/c1-14-8(9(12)13)10(4-5-10)6-2-3-7(11)15-6/h2-3,8H,4-5H2,1H3,(H,12,13). The van der Waals surface area contributed by atoms with Gasteiger partial charge in [0.05, 0.1) is 5.41 Å². The van der Waals surface area contributed by atoms with Crippen molar-refractivity contribution in [1.82, 2.24) is 0 Å². The predicted molar refractivity (Wildman–Crippen MR) is 55.8 cm³/mol. The molecule has 0 amide bonds. The summed E-state index contributed by atoms with van der Waals surface area (Å²) in [6.07, 6.45) is 0.755. The number of furan rings is 1. The lowest BCUT2D eigenvalue weighted by Crippen LogP contribution is -2.35. The van der Waals surface area contributed by atoms with E-state index in [1.54, 1.807) is 12.1 Å². The summed E-state index contributed by atoms with van der Waals surface area (Å²) in [6, 6.07) is 3.57. The molecule has 4 nitrogen and oxygen atoms in total. The highest BCUT2D eigenvalue weighted by atomic mass is 79.9. The molecule has 0 spiro atoms. The maximum Gasteiger partial charge on any atom is 0.333 e. The van der Waals surface area contributed by atoms with Gasteiger partial charge >= 0.3 is 5.97 Å². The fourth-order valence-corrected chi connectivity index (χ4v) is 2.22. The molecule has 1 saturated carbocycles. The predicted octanol–water partition coefficient (Wildman–Crippen LogP) is 2.17. The van der Waals surface area contributed by atoms with Gasteiger partial charge in [0.25, 0.3) is 0 Å². The van der Waals surface area contributed by atoms with Crippen molar-refractivity contribution in [1.29, 1.82) is 0 Å². The van der Waals surface area contributed by atoms with Gasteiger partial charge in [-0.3, -0.25) is 0 Å². The molecular weight excluding hydrogens is 264 g/mol. The molecule has 1 atom stereocenters. The van der Waals surface area contributed by atoms with E-state index in [1.807, 2.05) is 0 Å². The van der Waals surface area contributed by atoms with Crippen molar-refractivity contribution in [3.05, 3.63) is 22.6 Å². The van der Waals surface area contributed by atoms with Crippen molar-refractivity contribution in [2.75, 3.05) is 7.11 Å². The summed E-state index contributed by atoms with van der Waals surface area (Å²) in [5.41, 5.74) is -0.466. The SMILES string of the molecule is COC(C(=O)O)C1(c2ccc(Br)o2)CC1. The van der Waals surface area contributed by atoms with Gasteiger partial charge in [0.15, 0.2) is 10.8 Å². The van der Waals surface area contributed by atoms with Crippen molar-refractivity contribution >= 4 is 21.9 Å². The molecule has 0 bridgehead atoms. The summed E-state index contributed by atoms with van der Waals surface area (Å²) in [7, 11) is 1.41. The minimum absolute atomic E-state index is 0.466. The molecule has 0 aromatic carbocycles. The summed E-state index contributed by atoms with van der Waals surface area (Å²) in [4.78, 5) is 11.0. The van der Waals surface area contributed by atoms with Gasteiger partial charge in [0.2, 0.25) is 0 Å². The third-order valence-corrected chi connectivity index (χ3v) is 3.24. The van der Waals surface area contributed by atoms with Crippen molar-refractivity contribution in [2.45, 2.75) is 24.4 Å². The normalized spacial score (nSPS) is 19.9. The maximum absolute atomic E-state index is 11.0. The molecule has 1 aliphatic rings. The minimum Gasteiger partial charge on any atom is -0.479 e. The summed E-state index contributed by atoms with van der Waals surface area (Å²) in [5.74, 6) is -0.258. The van der Waals surface area contributed by atoms with Gasteiger partial charge in [-0.25, -0.2) is 4.79 Å². The first-order chi connectivity index (χ1) is 7.10. The highest BCUT2D eigenvalue weighted by Crippen LogP contribution is 2.52. The largest absolute Gasteiger partial charge is 0.479 e. The Bertz CT molecular complexity index is 381. The van der Waals surface area contributed by atoms with E-state index in [-0.39, 0.29) is 0 Å². The van der Waals surface area contributed by atoms with E-state index in [0.717, 1.165) is 12.8 Å². The minimum atomic E-state index is -0.942. The summed E-state index contributed by atoms with van der Waals surface area (Å²) < 4.78 is 11.1. The highest BCUT2D eigenvalue weighted by Gasteiger charge is 2.57. The first-order valence-electron chi connectivity index (χ1n) is 4.61. The molecule has 1 N–H and O–H groups in total. The number of ether oxygens (including phenoxy) is 1. The number of carboxylic acid groups (broad SMARTS) is 1. The smallest absolute Gasteiger partial charge is 0.333 e. The Morgan fingerprint density at radius 1 is 1.67 bits per heavy atom. The Labute approximate surface area is 95.3 Å². The van der Waals surface area contributed by atoms with Crippen LogP contribution < -0.4 is 0 Å². The van der Waals surface area contributed by atoms with E-state index >= 15 is 0 Å². The van der Waals surface area contributed by atoms with Crippen LogP contribution in [0.4, 0.5) is 0 Å². The van der Waals surface area contributed by atoms with Gasteiger partial charge in [-0.1, -0.05) is 0 Å². The van der Waals surface area contributed by atoms with E-state index in [0.29, 0.717) is 10.4 Å². The summed E-state index contributed by atoms with van der Waals surface area (Å²) >= 11 is 3.21. The van der Waals surface area contributed by atoms with Crippen molar-refractivity contribution in [3.63, 3.8) is 0 Å². The van der Waals surface area contributed by atoms with Crippen LogP contribution in [-0.2, 0) is 14.9 Å². The van der Waals surface area contributed by atoms with Crippen LogP contribution in [0.2, 0.25) is 0 Å². The molecule has 1 aromatic heterocycles. The van der Waals surface area contributed by atoms with Crippen molar-refractivity contribution in [3.8, 4) is 0 Å². The van der Waals surface area contributed by atoms with Crippen LogP contribution in [0.25, 0.3) is 0 Å². The Hall–Kier alpha value is -0.810. The molecule has 1 heterocycles. The quantitative estimate of drug-likeness (QED) is 0.914. The van der Waals surface area contributed by atoms with Crippen LogP contribution in [0.3, 0.4) is 0 Å². The summed E-state index contributed by atoms with van der Waals surface area (Å²) in [6.45, 7) is 0. The first kappa shape index (κ1) is 10.7. The van der Waals surface area contributed by atoms with E-state index < -0.39 is 17.5 Å². The van der Waals surface area contributed by atoms with Crippen molar-refractivity contribution in [2.24, 2.45) is 0 Å². The topological polar surface area (TPSA) is 59.7 Å². The van der Waals surface area contributed by atoms with Gasteiger partial charge < -0.3 is 14.3 Å². The lowest BCUT2D eigenvalue weighted by molar-refractivity contribution is -0.151. The molecule has 82 valence electrons. The van der Waals surface area contributed by atoms with Crippen LogP contribution in [0.5, 0.6) is 0 Å². The number of carbonyl (C=O) groups is 1. The second-order valence-corrected chi connectivity index (χ2v) is 4.50. The zero-order valence-electron chi connectivity index (χ0n) is 8.20. The van der Waals surface area contributed by atoms with Gasteiger partial charge in [0.1, 0.15) is 5.76 Å². The van der Waals surface area contributed by atoms with E-state index in [2.05, 4.69) is 15.9 Å². The van der Waals surface area contributed by atoms with Gasteiger partial charge in [0, 0.05) is 7.11 Å². The van der Waals surface area contributed by atoms with Gasteiger partial charge in [-0.15, -0.1) is 0 Å². The second-order valence-electron chi connectivity index (χ2n) is 3.71. The van der Waals surface area contributed by atoms with Gasteiger partial charge in [-0.2, -0.15) is 0 Å². The van der Waals surface area contributed by atoms with E-state index in [1.165, 1.54) is 7.11 Å². The second kappa shape index (κ2) is 3.64. The number of rotatable bonds is 4. The van der Waals surface area contributed by atoms with Crippen LogP contribution in [0, 0.1) is 0 Å². The third-order valence-electron chi connectivity index (χ3n) is 2.81. The molecular formula is C10H11BrO4.